The summed E-state index contributed by atoms with van der Waals surface area (Å²) in [6.07, 6.45) is 2.98. The van der Waals surface area contributed by atoms with E-state index in [9.17, 15) is 54.3 Å². The summed E-state index contributed by atoms with van der Waals surface area (Å²) in [4.78, 5) is 72.6. The number of carboxylic acid groups (broad SMARTS) is 1. The van der Waals surface area contributed by atoms with Crippen LogP contribution in [0.1, 0.15) is 148 Å². The molecule has 8 aliphatic rings. The minimum Gasteiger partial charge on any atom is -0.481 e. The second-order valence-electron chi connectivity index (χ2n) is 24.7. The number of aliphatic carboxylic acids is 1. The van der Waals surface area contributed by atoms with Crippen molar-refractivity contribution in [3.05, 3.63) is 0 Å². The van der Waals surface area contributed by atoms with E-state index in [2.05, 4.69) is 22.9 Å². The lowest BCUT2D eigenvalue weighted by atomic mass is 9.42. The monoisotopic (exact) mass is 1070 g/mol. The van der Waals surface area contributed by atoms with Crippen molar-refractivity contribution in [2.24, 2.45) is 80.8 Å². The fraction of sp³-hybridized carbons (Fsp3) is 0.852. The Kier molecular flexibility index (Phi) is 17.4. The fourth-order valence-electron chi connectivity index (χ4n) is 17.1. The van der Waals surface area contributed by atoms with Crippen LogP contribution < -0.4 is 10.6 Å². The van der Waals surface area contributed by atoms with Gasteiger partial charge in [-0.25, -0.2) is 8.78 Å². The van der Waals surface area contributed by atoms with Crippen LogP contribution in [0.5, 0.6) is 0 Å². The smallest absolute Gasteiger partial charge is 0.310 e. The maximum atomic E-state index is 17.3. The van der Waals surface area contributed by atoms with E-state index in [1.165, 1.54) is 11.0 Å². The Balaban J connectivity index is 0.000000278. The quantitative estimate of drug-likeness (QED) is 0.0792. The van der Waals surface area contributed by atoms with Crippen LogP contribution in [0.3, 0.4) is 0 Å². The molecule has 19 heteroatoms. The van der Waals surface area contributed by atoms with Gasteiger partial charge in [0.1, 0.15) is 40.7 Å². The molecule has 0 spiro atoms. The van der Waals surface area contributed by atoms with Crippen LogP contribution >= 0.6 is 24.4 Å². The molecule has 0 saturated heterocycles. The Morgan fingerprint density at radius 1 is 0.699 bits per heavy atom. The topological polar surface area (TPSA) is 257 Å². The number of Topliss-reactive ketones (excluding diaryl/α,β-unsaturated/α-hetero) is 4. The van der Waals surface area contributed by atoms with Gasteiger partial charge < -0.3 is 46.0 Å². The summed E-state index contributed by atoms with van der Waals surface area (Å²) in [7, 11) is 0. The number of alkyl halides is 2. The van der Waals surface area contributed by atoms with Crippen LogP contribution in [-0.2, 0) is 33.5 Å². The SMILES string of the molecule is CC(CNC=S)C(=O)O.CC(CNC=S)C(=O)OCC(=O)[C@@]1(O)[C@@H](C)CC2C3CCC4CC(=O)CC[C@]4(C)[C@@]3(F)[C@@H](O)C[C@@]21C.C[C@H]1CC2C3CCC4CC(=O)CC[C@]4(C)[C@@]3(F)[C@@H](O)C[C@]2(C)[C@@]1(O)C(=O)CO.[HH].[HH]. The van der Waals surface area contributed by atoms with Crippen LogP contribution in [0.25, 0.3) is 0 Å². The first kappa shape index (κ1) is 59.3. The number of nitrogens with one attached hydrogen (secondary N) is 2. The largest absolute Gasteiger partial charge is 0.481 e. The highest BCUT2D eigenvalue weighted by Gasteiger charge is 2.78. The number of rotatable bonds is 13. The van der Waals surface area contributed by atoms with Gasteiger partial charge in [0.2, 0.25) is 5.78 Å². The van der Waals surface area contributed by atoms with Gasteiger partial charge in [0, 0.05) is 63.3 Å². The summed E-state index contributed by atoms with van der Waals surface area (Å²) in [5, 5.41) is 69.2. The second-order valence-corrected chi connectivity index (χ2v) is 25.2. The molecule has 8 fully saturated rings. The summed E-state index contributed by atoms with van der Waals surface area (Å²) >= 11 is 9.12. The predicted molar refractivity (Wildman–Crippen MR) is 278 cm³/mol. The molecule has 73 heavy (non-hydrogen) atoms. The van der Waals surface area contributed by atoms with Crippen molar-refractivity contribution in [3.8, 4) is 0 Å². The first-order valence-corrected chi connectivity index (χ1v) is 27.5. The van der Waals surface area contributed by atoms with Crippen molar-refractivity contribution in [3.63, 3.8) is 0 Å². The highest BCUT2D eigenvalue weighted by molar-refractivity contribution is 7.79. The van der Waals surface area contributed by atoms with Crippen molar-refractivity contribution in [2.45, 2.75) is 180 Å². The van der Waals surface area contributed by atoms with Crippen molar-refractivity contribution in [1.29, 1.82) is 0 Å². The van der Waals surface area contributed by atoms with Gasteiger partial charge in [-0.2, -0.15) is 0 Å². The Labute approximate surface area is 442 Å². The number of thiocarbonyl (C=S) groups is 2. The van der Waals surface area contributed by atoms with E-state index >= 15 is 8.78 Å². The van der Waals surface area contributed by atoms with E-state index in [0.29, 0.717) is 77.2 Å². The minimum atomic E-state index is -1.88. The highest BCUT2D eigenvalue weighted by Crippen LogP contribution is 2.73. The zero-order chi connectivity index (χ0) is 54.7. The molecule has 8 aliphatic carbocycles. The number of halogens is 2. The lowest BCUT2D eigenvalue weighted by molar-refractivity contribution is -0.255. The van der Waals surface area contributed by atoms with Gasteiger partial charge >= 0.3 is 11.9 Å². The van der Waals surface area contributed by atoms with E-state index in [1.54, 1.807) is 41.5 Å². The number of ether oxygens (including phenoxy) is 1. The average molecular weight is 1070 g/mol. The molecule has 0 heterocycles. The second kappa shape index (κ2) is 21.5. The number of aliphatic hydroxyl groups excluding tert-OH is 3. The van der Waals surface area contributed by atoms with E-state index in [4.69, 9.17) is 22.1 Å². The molecule has 0 aromatic heterocycles. The summed E-state index contributed by atoms with van der Waals surface area (Å²) in [6.45, 7) is 13.5. The van der Waals surface area contributed by atoms with Crippen LogP contribution in [0.2, 0.25) is 0 Å². The Morgan fingerprint density at radius 3 is 1.48 bits per heavy atom. The predicted octanol–water partition coefficient (Wildman–Crippen LogP) is 5.88. The summed E-state index contributed by atoms with van der Waals surface area (Å²) in [5.41, 5.74) is -8.31. The standard InChI is InChI=1S/C27H40FNO6S.C22H33FO5.C5H9NO2S.2H2/c1-15(12-29-14-36)23(33)35-13-22(32)27(34)16(2)9-20-19-6-5-17-10-18(30)7-8-24(17,3)26(19,28)21(31)11-25(20,27)4;1-12-8-16-15-5-4-13-9-14(25)6-7-19(13,2)21(15,23)17(26)10-20(16,3)22(12,28)18(27)11-24;1-4(5(7)8)2-6-3-9;;/h14-17,19-21,31,34H,5-13H2,1-4H3,(H,29,36);12-13,15-17,24,26,28H,4-11H2,1-3H3;3-4H,2H2,1H3,(H,6,9)(H,7,8);2*1H/t15?,16-,17?,19?,20?,21-,24-,25-,26-,27-;12-,13?,15?,16?,17-,19-,20-,21-,22-;;;/m00.../s1. The third kappa shape index (κ3) is 9.17. The molecule has 0 bridgehead atoms. The zero-order valence-corrected chi connectivity index (χ0v) is 45.6. The number of fused-ring (bicyclic) bond motifs is 10. The normalized spacial score (nSPS) is 46.0. The van der Waals surface area contributed by atoms with Crippen molar-refractivity contribution >= 4 is 70.5 Å². The molecule has 0 aliphatic heterocycles. The molecule has 8 unspecified atom stereocenters. The van der Waals surface area contributed by atoms with Gasteiger partial charge in [0.15, 0.2) is 12.4 Å². The number of carbonyl (C=O) groups is 6. The van der Waals surface area contributed by atoms with Gasteiger partial charge in [-0.05, 0) is 112 Å². The molecule has 8 rings (SSSR count). The number of esters is 1. The third-order valence-electron chi connectivity index (χ3n) is 21.5. The van der Waals surface area contributed by atoms with E-state index in [-0.39, 0.29) is 63.4 Å². The number of aliphatic hydroxyl groups is 5. The van der Waals surface area contributed by atoms with Crippen LogP contribution in [-0.4, -0.2) is 138 Å². The molecule has 0 aromatic carbocycles. The Bertz CT molecular complexity index is 2190. The Hall–Kier alpha value is -2.94. The van der Waals surface area contributed by atoms with Crippen molar-refractivity contribution in [2.75, 3.05) is 26.3 Å². The molecule has 0 amide bonds. The number of ketones is 4. The summed E-state index contributed by atoms with van der Waals surface area (Å²) in [6, 6.07) is 0. The number of hydrogen-bond donors (Lipinski definition) is 8. The molecule has 0 aromatic rings. The van der Waals surface area contributed by atoms with Crippen LogP contribution in [0, 0.1) is 80.8 Å². The van der Waals surface area contributed by atoms with Crippen molar-refractivity contribution in [1.82, 2.24) is 10.6 Å². The zero-order valence-electron chi connectivity index (χ0n) is 43.9. The first-order valence-electron chi connectivity index (χ1n) is 26.5. The average Bonchev–Trinajstić information content (AvgIpc) is 3.67. The van der Waals surface area contributed by atoms with Crippen molar-refractivity contribution < 1.29 is 75.8 Å². The van der Waals surface area contributed by atoms with Crippen LogP contribution in [0.15, 0.2) is 0 Å². The molecule has 15 nitrogen and oxygen atoms in total. The van der Waals surface area contributed by atoms with Gasteiger partial charge in [0.25, 0.3) is 0 Å². The molecule has 8 N–H and O–H groups in total. The van der Waals surface area contributed by atoms with Crippen LogP contribution in [0.4, 0.5) is 8.78 Å². The van der Waals surface area contributed by atoms with Gasteiger partial charge in [0.05, 0.1) is 35.0 Å². The summed E-state index contributed by atoms with van der Waals surface area (Å²) in [5.74, 6) is -5.78. The van der Waals surface area contributed by atoms with Gasteiger partial charge in [-0.15, -0.1) is 0 Å². The maximum absolute atomic E-state index is 17.3. The van der Waals surface area contributed by atoms with Gasteiger partial charge in [-0.1, -0.05) is 79.8 Å². The molecule has 8 saturated carbocycles. The third-order valence-corrected chi connectivity index (χ3v) is 21.8. The molecular weight excluding hydrogens is 987 g/mol. The molecular formula is C54H86F2N2O13S2. The lowest BCUT2D eigenvalue weighted by Gasteiger charge is -2.65. The molecule has 416 valence electrons. The van der Waals surface area contributed by atoms with E-state index in [0.717, 1.165) is 6.42 Å². The summed E-state index contributed by atoms with van der Waals surface area (Å²) < 4.78 is 39.5. The number of hydrogen-bond acceptors (Lipinski definition) is 14. The number of carbonyl (C=O) groups excluding carboxylic acids is 5. The highest BCUT2D eigenvalue weighted by atomic mass is 32.1. The minimum absolute atomic E-state index is 0. The van der Waals surface area contributed by atoms with Gasteiger partial charge in [-0.3, -0.25) is 28.8 Å². The fourth-order valence-corrected chi connectivity index (χ4v) is 17.3. The maximum Gasteiger partial charge on any atom is 0.310 e. The van der Waals surface area contributed by atoms with E-state index in [1.807, 2.05) is 13.8 Å². The first-order chi connectivity index (χ1) is 33.9. The lowest BCUT2D eigenvalue weighted by Crippen LogP contribution is -2.71. The molecule has 0 radical (unpaired) electrons. The molecule has 20 atom stereocenters. The Morgan fingerprint density at radius 2 is 1.10 bits per heavy atom. The van der Waals surface area contributed by atoms with E-state index < -0.39 is 123 Å². The number of carboxylic acids is 1.